The van der Waals surface area contributed by atoms with Crippen LogP contribution < -0.4 is 4.90 Å². The van der Waals surface area contributed by atoms with Crippen LogP contribution in [0.1, 0.15) is 36.4 Å². The molecule has 0 radical (unpaired) electrons. The third-order valence-corrected chi connectivity index (χ3v) is 7.46. The van der Waals surface area contributed by atoms with Gasteiger partial charge in [-0.15, -0.1) is 11.3 Å². The monoisotopic (exact) mass is 425 g/mol. The Balaban J connectivity index is 1.66. The van der Waals surface area contributed by atoms with Gasteiger partial charge < -0.3 is 4.90 Å². The van der Waals surface area contributed by atoms with Gasteiger partial charge in [0.2, 0.25) is 15.9 Å². The Morgan fingerprint density at radius 3 is 2.54 bits per heavy atom. The molecule has 1 aromatic heterocycles. The standard InChI is InChI=1S/C19H24FN3O3S2/c1-15-21-17(14-27-15)13-23(18-8-6-16(20)7-9-18)19(24)5-4-12-28(25,26)22-10-2-3-11-22/h6-9,14H,2-5,10-13H2,1H3. The number of carbonyl (C=O) groups excluding carboxylic acids is 1. The van der Waals surface area contributed by atoms with Crippen molar-refractivity contribution >= 4 is 33.0 Å². The molecule has 1 aliphatic rings. The van der Waals surface area contributed by atoms with Gasteiger partial charge in [-0.05, 0) is 50.5 Å². The van der Waals surface area contributed by atoms with E-state index in [2.05, 4.69) is 4.98 Å². The summed E-state index contributed by atoms with van der Waals surface area (Å²) < 4.78 is 39.5. The third-order valence-electron chi connectivity index (χ3n) is 4.68. The van der Waals surface area contributed by atoms with Gasteiger partial charge in [-0.2, -0.15) is 0 Å². The van der Waals surface area contributed by atoms with E-state index < -0.39 is 10.0 Å². The Hall–Kier alpha value is -1.84. The molecule has 152 valence electrons. The zero-order valence-corrected chi connectivity index (χ0v) is 17.4. The summed E-state index contributed by atoms with van der Waals surface area (Å²) in [4.78, 5) is 18.8. The lowest BCUT2D eigenvalue weighted by molar-refractivity contribution is -0.118. The molecule has 2 aromatic rings. The predicted molar refractivity (Wildman–Crippen MR) is 108 cm³/mol. The molecule has 0 atom stereocenters. The maximum Gasteiger partial charge on any atom is 0.227 e. The minimum atomic E-state index is -3.30. The van der Waals surface area contributed by atoms with Crippen LogP contribution in [0, 0.1) is 12.7 Å². The summed E-state index contributed by atoms with van der Waals surface area (Å²) in [6.07, 6.45) is 2.14. The van der Waals surface area contributed by atoms with Crippen LogP contribution in [0.15, 0.2) is 29.6 Å². The number of halogens is 1. The first kappa shape index (κ1) is 20.9. The first-order valence-corrected chi connectivity index (χ1v) is 11.8. The number of aryl methyl sites for hydroxylation is 1. The van der Waals surface area contributed by atoms with Gasteiger partial charge in [0.15, 0.2) is 0 Å². The Labute approximate surface area is 169 Å². The number of hydrogen-bond acceptors (Lipinski definition) is 5. The zero-order chi connectivity index (χ0) is 20.1. The lowest BCUT2D eigenvalue weighted by atomic mass is 10.2. The average Bonchev–Trinajstić information content (AvgIpc) is 3.32. The molecule has 1 amide bonds. The van der Waals surface area contributed by atoms with Gasteiger partial charge in [-0.1, -0.05) is 0 Å². The molecule has 0 aliphatic carbocycles. The van der Waals surface area contributed by atoms with Crippen molar-refractivity contribution in [1.82, 2.24) is 9.29 Å². The summed E-state index contributed by atoms with van der Waals surface area (Å²) in [5.74, 6) is -0.613. The Bertz CT molecular complexity index is 907. The maximum atomic E-state index is 13.3. The number of anilines is 1. The highest BCUT2D eigenvalue weighted by atomic mass is 32.2. The highest BCUT2D eigenvalue weighted by Crippen LogP contribution is 2.21. The van der Waals surface area contributed by atoms with E-state index in [-0.39, 0.29) is 36.9 Å². The van der Waals surface area contributed by atoms with Crippen molar-refractivity contribution in [2.75, 3.05) is 23.7 Å². The molecule has 0 N–H and O–H groups in total. The Morgan fingerprint density at radius 2 is 1.93 bits per heavy atom. The molecule has 1 saturated heterocycles. The van der Waals surface area contributed by atoms with Crippen molar-refractivity contribution in [3.05, 3.63) is 46.2 Å². The highest BCUT2D eigenvalue weighted by Gasteiger charge is 2.25. The fraction of sp³-hybridized carbons (Fsp3) is 0.474. The average molecular weight is 426 g/mol. The van der Waals surface area contributed by atoms with Crippen LogP contribution in [0.2, 0.25) is 0 Å². The van der Waals surface area contributed by atoms with Gasteiger partial charge in [-0.25, -0.2) is 22.1 Å². The molecule has 1 fully saturated rings. The van der Waals surface area contributed by atoms with Gasteiger partial charge in [0.1, 0.15) is 5.82 Å². The van der Waals surface area contributed by atoms with E-state index in [9.17, 15) is 17.6 Å². The maximum absolute atomic E-state index is 13.3. The summed E-state index contributed by atoms with van der Waals surface area (Å²) in [5, 5.41) is 2.79. The Kier molecular flexibility index (Phi) is 6.79. The van der Waals surface area contributed by atoms with Gasteiger partial charge in [-0.3, -0.25) is 4.79 Å². The fourth-order valence-corrected chi connectivity index (χ4v) is 5.41. The Morgan fingerprint density at radius 1 is 1.25 bits per heavy atom. The summed E-state index contributed by atoms with van der Waals surface area (Å²) in [5.41, 5.74) is 1.32. The minimum absolute atomic E-state index is 0.0359. The topological polar surface area (TPSA) is 70.6 Å². The van der Waals surface area contributed by atoms with Crippen molar-refractivity contribution in [2.45, 2.75) is 39.2 Å². The van der Waals surface area contributed by atoms with Crippen LogP contribution in [0.4, 0.5) is 10.1 Å². The number of aromatic nitrogens is 1. The van der Waals surface area contributed by atoms with Crippen LogP contribution in [0.25, 0.3) is 0 Å². The number of hydrogen-bond donors (Lipinski definition) is 0. The zero-order valence-electron chi connectivity index (χ0n) is 15.8. The molecule has 1 aliphatic heterocycles. The molecule has 28 heavy (non-hydrogen) atoms. The van der Waals surface area contributed by atoms with E-state index in [1.807, 2.05) is 12.3 Å². The lowest BCUT2D eigenvalue weighted by Crippen LogP contribution is -2.33. The molecular formula is C19H24FN3O3S2. The number of benzene rings is 1. The number of thiazole rings is 1. The summed E-state index contributed by atoms with van der Waals surface area (Å²) in [7, 11) is -3.30. The van der Waals surface area contributed by atoms with Crippen molar-refractivity contribution in [2.24, 2.45) is 0 Å². The van der Waals surface area contributed by atoms with E-state index in [0.717, 1.165) is 23.5 Å². The molecule has 0 saturated carbocycles. The van der Waals surface area contributed by atoms with E-state index in [1.165, 1.54) is 32.7 Å². The lowest BCUT2D eigenvalue weighted by Gasteiger charge is -2.22. The largest absolute Gasteiger partial charge is 0.306 e. The second-order valence-corrected chi connectivity index (χ2v) is 9.99. The second kappa shape index (κ2) is 9.11. The molecule has 0 unspecified atom stereocenters. The molecule has 0 spiro atoms. The van der Waals surface area contributed by atoms with E-state index in [4.69, 9.17) is 0 Å². The molecule has 1 aromatic carbocycles. The SMILES string of the molecule is Cc1nc(CN(C(=O)CCCS(=O)(=O)N2CCCC2)c2ccc(F)cc2)cs1. The van der Waals surface area contributed by atoms with Crippen LogP contribution >= 0.6 is 11.3 Å². The predicted octanol–water partition coefficient (Wildman–Crippen LogP) is 3.33. The normalized spacial score (nSPS) is 15.1. The summed E-state index contributed by atoms with van der Waals surface area (Å²) in [6.45, 7) is 3.30. The van der Waals surface area contributed by atoms with E-state index in [1.54, 1.807) is 12.1 Å². The van der Waals surface area contributed by atoms with Crippen molar-refractivity contribution in [1.29, 1.82) is 0 Å². The van der Waals surface area contributed by atoms with Crippen molar-refractivity contribution in [3.63, 3.8) is 0 Å². The minimum Gasteiger partial charge on any atom is -0.306 e. The number of amides is 1. The first-order chi connectivity index (χ1) is 13.3. The summed E-state index contributed by atoms with van der Waals surface area (Å²) in [6, 6.07) is 5.71. The molecule has 9 heteroatoms. The van der Waals surface area contributed by atoms with Gasteiger partial charge >= 0.3 is 0 Å². The van der Waals surface area contributed by atoms with Crippen LogP contribution in [-0.2, 0) is 21.4 Å². The van der Waals surface area contributed by atoms with E-state index in [0.29, 0.717) is 18.8 Å². The summed E-state index contributed by atoms with van der Waals surface area (Å²) >= 11 is 1.50. The number of sulfonamides is 1. The number of rotatable bonds is 8. The van der Waals surface area contributed by atoms with Crippen molar-refractivity contribution < 1.29 is 17.6 Å². The molecule has 6 nitrogen and oxygen atoms in total. The molecular weight excluding hydrogens is 401 g/mol. The fourth-order valence-electron chi connectivity index (χ4n) is 3.22. The molecule has 0 bridgehead atoms. The van der Waals surface area contributed by atoms with Gasteiger partial charge in [0, 0.05) is 30.6 Å². The first-order valence-electron chi connectivity index (χ1n) is 9.30. The van der Waals surface area contributed by atoms with Crippen molar-refractivity contribution in [3.8, 4) is 0 Å². The van der Waals surface area contributed by atoms with Gasteiger partial charge in [0.05, 0.1) is 23.0 Å². The molecule has 3 rings (SSSR count). The molecule has 2 heterocycles. The smallest absolute Gasteiger partial charge is 0.227 e. The number of nitrogens with zero attached hydrogens (tertiary/aromatic N) is 3. The third kappa shape index (κ3) is 5.36. The quantitative estimate of drug-likeness (QED) is 0.650. The number of carbonyl (C=O) groups is 1. The second-order valence-electron chi connectivity index (χ2n) is 6.84. The van der Waals surface area contributed by atoms with Crippen LogP contribution in [0.3, 0.4) is 0 Å². The highest BCUT2D eigenvalue weighted by molar-refractivity contribution is 7.89. The van der Waals surface area contributed by atoms with Crippen LogP contribution in [-0.4, -0.2) is 42.5 Å². The van der Waals surface area contributed by atoms with Crippen LogP contribution in [0.5, 0.6) is 0 Å². The van der Waals surface area contributed by atoms with Gasteiger partial charge in [0.25, 0.3) is 0 Å². The van der Waals surface area contributed by atoms with E-state index >= 15 is 0 Å².